The molecule has 1 N–H and O–H groups in total. The fourth-order valence-electron chi connectivity index (χ4n) is 1.96. The molecule has 1 aromatic rings. The van der Waals surface area contributed by atoms with Crippen molar-refractivity contribution in [3.63, 3.8) is 0 Å². The molecule has 1 aromatic carbocycles. The average molecular weight is 249 g/mol. The second-order valence-electron chi connectivity index (χ2n) is 4.61. The van der Waals surface area contributed by atoms with Gasteiger partial charge < -0.3 is 10.0 Å². The number of carboxylic acids is 1. The standard InChI is InChI=1S/C14H19NO3/c1-9-6-5-7-10(2)13(9)15(12(4)16)8-11(3)14(17)18/h5-7,11H,8H2,1-4H3,(H,17,18). The number of carbonyl (C=O) groups excluding carboxylic acids is 1. The summed E-state index contributed by atoms with van der Waals surface area (Å²) in [5, 5.41) is 8.96. The van der Waals surface area contributed by atoms with E-state index < -0.39 is 11.9 Å². The number of amides is 1. The maximum Gasteiger partial charge on any atom is 0.308 e. The molecule has 0 aliphatic rings. The van der Waals surface area contributed by atoms with Crippen LogP contribution in [-0.4, -0.2) is 23.5 Å². The minimum absolute atomic E-state index is 0.138. The molecule has 0 aromatic heterocycles. The van der Waals surface area contributed by atoms with Crippen molar-refractivity contribution >= 4 is 17.6 Å². The lowest BCUT2D eigenvalue weighted by molar-refractivity contribution is -0.140. The summed E-state index contributed by atoms with van der Waals surface area (Å²) in [4.78, 5) is 24.2. The van der Waals surface area contributed by atoms with Crippen LogP contribution in [0.3, 0.4) is 0 Å². The van der Waals surface area contributed by atoms with Crippen molar-refractivity contribution in [3.8, 4) is 0 Å². The molecular weight excluding hydrogens is 230 g/mol. The first-order valence-corrected chi connectivity index (χ1v) is 5.91. The Kier molecular flexibility index (Phi) is 4.48. The van der Waals surface area contributed by atoms with E-state index in [9.17, 15) is 9.59 Å². The van der Waals surface area contributed by atoms with Crippen LogP contribution in [0.25, 0.3) is 0 Å². The quantitative estimate of drug-likeness (QED) is 0.891. The molecule has 0 radical (unpaired) electrons. The van der Waals surface area contributed by atoms with E-state index in [2.05, 4.69) is 0 Å². The van der Waals surface area contributed by atoms with Gasteiger partial charge in [0.1, 0.15) is 0 Å². The van der Waals surface area contributed by atoms with Gasteiger partial charge in [-0.3, -0.25) is 9.59 Å². The minimum Gasteiger partial charge on any atom is -0.481 e. The number of carbonyl (C=O) groups is 2. The molecule has 18 heavy (non-hydrogen) atoms. The Morgan fingerprint density at radius 2 is 1.78 bits per heavy atom. The largest absolute Gasteiger partial charge is 0.481 e. The second kappa shape index (κ2) is 5.67. The highest BCUT2D eigenvalue weighted by Crippen LogP contribution is 2.25. The number of para-hydroxylation sites is 1. The van der Waals surface area contributed by atoms with Gasteiger partial charge in [0.25, 0.3) is 0 Å². The van der Waals surface area contributed by atoms with Crippen molar-refractivity contribution in [3.05, 3.63) is 29.3 Å². The highest BCUT2D eigenvalue weighted by atomic mass is 16.4. The maximum atomic E-state index is 11.7. The fraction of sp³-hybridized carbons (Fsp3) is 0.429. The zero-order valence-corrected chi connectivity index (χ0v) is 11.2. The third-order valence-corrected chi connectivity index (χ3v) is 2.97. The lowest BCUT2D eigenvalue weighted by atomic mass is 10.1. The van der Waals surface area contributed by atoms with Crippen LogP contribution < -0.4 is 4.90 Å². The summed E-state index contributed by atoms with van der Waals surface area (Å²) in [7, 11) is 0. The SMILES string of the molecule is CC(=O)N(CC(C)C(=O)O)c1c(C)cccc1C. The molecule has 1 amide bonds. The Hall–Kier alpha value is -1.84. The number of benzene rings is 1. The van der Waals surface area contributed by atoms with Crippen molar-refractivity contribution in [2.75, 3.05) is 11.4 Å². The Bertz CT molecular complexity index is 448. The average Bonchev–Trinajstić information content (AvgIpc) is 2.26. The summed E-state index contributed by atoms with van der Waals surface area (Å²) in [6.45, 7) is 7.09. The minimum atomic E-state index is -0.896. The monoisotopic (exact) mass is 249 g/mol. The number of nitrogens with zero attached hydrogens (tertiary/aromatic N) is 1. The van der Waals surface area contributed by atoms with Crippen molar-refractivity contribution in [2.24, 2.45) is 5.92 Å². The molecule has 1 unspecified atom stereocenters. The second-order valence-corrected chi connectivity index (χ2v) is 4.61. The van der Waals surface area contributed by atoms with E-state index in [4.69, 9.17) is 5.11 Å². The first-order valence-electron chi connectivity index (χ1n) is 5.91. The van der Waals surface area contributed by atoms with Crippen molar-refractivity contribution in [1.82, 2.24) is 0 Å². The van der Waals surface area contributed by atoms with Gasteiger partial charge in [-0.05, 0) is 25.0 Å². The summed E-state index contributed by atoms with van der Waals surface area (Å²) < 4.78 is 0. The van der Waals surface area contributed by atoms with E-state index in [1.807, 2.05) is 32.0 Å². The molecule has 1 atom stereocenters. The topological polar surface area (TPSA) is 57.6 Å². The molecule has 0 saturated carbocycles. The van der Waals surface area contributed by atoms with E-state index in [0.29, 0.717) is 0 Å². The number of rotatable bonds is 4. The first-order chi connectivity index (χ1) is 8.34. The van der Waals surface area contributed by atoms with Gasteiger partial charge in [0, 0.05) is 19.2 Å². The highest BCUT2D eigenvalue weighted by molar-refractivity contribution is 5.93. The van der Waals surface area contributed by atoms with Crippen molar-refractivity contribution in [1.29, 1.82) is 0 Å². The molecule has 1 rings (SSSR count). The summed E-state index contributed by atoms with van der Waals surface area (Å²) in [6.07, 6.45) is 0. The number of carboxylic acid groups (broad SMARTS) is 1. The molecule has 0 aliphatic carbocycles. The van der Waals surface area contributed by atoms with Gasteiger partial charge in [-0.2, -0.15) is 0 Å². The Labute approximate surface area is 107 Å². The van der Waals surface area contributed by atoms with Crippen LogP contribution in [0.4, 0.5) is 5.69 Å². The predicted octanol–water partition coefficient (Wildman–Crippen LogP) is 2.38. The zero-order valence-electron chi connectivity index (χ0n) is 11.2. The van der Waals surface area contributed by atoms with E-state index in [1.165, 1.54) is 6.92 Å². The van der Waals surface area contributed by atoms with Crippen LogP contribution in [-0.2, 0) is 9.59 Å². The highest BCUT2D eigenvalue weighted by Gasteiger charge is 2.21. The molecular formula is C14H19NO3. The third kappa shape index (κ3) is 3.09. The van der Waals surface area contributed by atoms with E-state index >= 15 is 0 Å². The van der Waals surface area contributed by atoms with Crippen molar-refractivity contribution < 1.29 is 14.7 Å². The molecule has 0 fully saturated rings. The molecule has 0 bridgehead atoms. The van der Waals surface area contributed by atoms with E-state index in [-0.39, 0.29) is 12.5 Å². The summed E-state index contributed by atoms with van der Waals surface area (Å²) in [6, 6.07) is 5.76. The maximum absolute atomic E-state index is 11.7. The molecule has 4 nitrogen and oxygen atoms in total. The van der Waals surface area contributed by atoms with Crippen LogP contribution in [0.5, 0.6) is 0 Å². The smallest absolute Gasteiger partial charge is 0.308 e. The number of hydrogen-bond acceptors (Lipinski definition) is 2. The van der Waals surface area contributed by atoms with Crippen LogP contribution in [0.2, 0.25) is 0 Å². The van der Waals surface area contributed by atoms with Crippen LogP contribution in [0.1, 0.15) is 25.0 Å². The zero-order chi connectivity index (χ0) is 13.9. The van der Waals surface area contributed by atoms with Crippen LogP contribution in [0, 0.1) is 19.8 Å². The van der Waals surface area contributed by atoms with Crippen LogP contribution >= 0.6 is 0 Å². The van der Waals surface area contributed by atoms with Crippen LogP contribution in [0.15, 0.2) is 18.2 Å². The van der Waals surface area contributed by atoms with Gasteiger partial charge in [0.2, 0.25) is 5.91 Å². The number of anilines is 1. The van der Waals surface area contributed by atoms with Gasteiger partial charge in [-0.15, -0.1) is 0 Å². The summed E-state index contributed by atoms with van der Waals surface area (Å²) in [5.41, 5.74) is 2.77. The molecule has 0 heterocycles. The van der Waals surface area contributed by atoms with Gasteiger partial charge >= 0.3 is 5.97 Å². The Morgan fingerprint density at radius 3 is 2.17 bits per heavy atom. The normalized spacial score (nSPS) is 12.0. The number of aryl methyl sites for hydroxylation is 2. The van der Waals surface area contributed by atoms with Gasteiger partial charge in [-0.25, -0.2) is 0 Å². The van der Waals surface area contributed by atoms with Gasteiger partial charge in [0.05, 0.1) is 5.92 Å². The summed E-state index contributed by atoms with van der Waals surface area (Å²) >= 11 is 0. The molecule has 0 saturated heterocycles. The predicted molar refractivity (Wildman–Crippen MR) is 70.7 cm³/mol. The third-order valence-electron chi connectivity index (χ3n) is 2.97. The first kappa shape index (κ1) is 14.2. The van der Waals surface area contributed by atoms with Gasteiger partial charge in [0.15, 0.2) is 0 Å². The van der Waals surface area contributed by atoms with E-state index in [1.54, 1.807) is 11.8 Å². The Balaban J connectivity index is 3.13. The summed E-state index contributed by atoms with van der Waals surface area (Å²) in [5.74, 6) is -1.62. The number of hydrogen-bond donors (Lipinski definition) is 1. The van der Waals surface area contributed by atoms with Gasteiger partial charge in [-0.1, -0.05) is 25.1 Å². The van der Waals surface area contributed by atoms with E-state index in [0.717, 1.165) is 16.8 Å². The lowest BCUT2D eigenvalue weighted by Crippen LogP contribution is -2.36. The van der Waals surface area contributed by atoms with Crippen molar-refractivity contribution in [2.45, 2.75) is 27.7 Å². The fourth-order valence-corrected chi connectivity index (χ4v) is 1.96. The Morgan fingerprint density at radius 1 is 1.28 bits per heavy atom. The molecule has 4 heteroatoms. The molecule has 0 aliphatic heterocycles. The molecule has 98 valence electrons. The molecule has 0 spiro atoms. The number of aliphatic carboxylic acids is 1. The lowest BCUT2D eigenvalue weighted by Gasteiger charge is -2.26.